The van der Waals surface area contributed by atoms with Gasteiger partial charge in [0.05, 0.1) is 11.6 Å². The number of urea groups is 1. The number of likely N-dealkylation sites (tertiary alicyclic amines) is 1. The van der Waals surface area contributed by atoms with Gasteiger partial charge < -0.3 is 26.6 Å². The van der Waals surface area contributed by atoms with Gasteiger partial charge in [0.25, 0.3) is 0 Å². The molecule has 0 bridgehead atoms. The van der Waals surface area contributed by atoms with Gasteiger partial charge in [-0.1, -0.05) is 0 Å². The normalized spacial score (nSPS) is 24.1. The van der Waals surface area contributed by atoms with Gasteiger partial charge in [-0.15, -0.1) is 11.3 Å². The second kappa shape index (κ2) is 8.89. The third-order valence-corrected chi connectivity index (χ3v) is 7.34. The van der Waals surface area contributed by atoms with E-state index in [9.17, 15) is 9.59 Å². The Morgan fingerprint density at radius 2 is 2.00 bits per heavy atom. The average molecular weight is 423 g/mol. The number of carbonyl (C=O) groups excluding carboxylic acids is 2. The van der Waals surface area contributed by atoms with E-state index in [4.69, 9.17) is 11.5 Å². The highest BCUT2D eigenvalue weighted by Gasteiger charge is 2.42. The fourth-order valence-corrected chi connectivity index (χ4v) is 5.72. The van der Waals surface area contributed by atoms with Crippen molar-refractivity contribution in [2.75, 3.05) is 58.8 Å². The summed E-state index contributed by atoms with van der Waals surface area (Å²) in [6, 6.07) is 0.0953. The Hall–Kier alpha value is -1.84. The summed E-state index contributed by atoms with van der Waals surface area (Å²) in [4.78, 5) is 32.7. The first-order valence-corrected chi connectivity index (χ1v) is 11.1. The zero-order valence-electron chi connectivity index (χ0n) is 17.9. The molecule has 1 fully saturated rings. The van der Waals surface area contributed by atoms with Crippen LogP contribution in [0.5, 0.6) is 0 Å². The number of nitrogens with two attached hydrogens (primary N) is 2. The molecule has 0 radical (unpaired) electrons. The van der Waals surface area contributed by atoms with Crippen molar-refractivity contribution < 1.29 is 9.59 Å². The van der Waals surface area contributed by atoms with Gasteiger partial charge in [0, 0.05) is 37.1 Å². The van der Waals surface area contributed by atoms with E-state index < -0.39 is 0 Å². The first kappa shape index (κ1) is 21.9. The van der Waals surface area contributed by atoms with Gasteiger partial charge in [-0.25, -0.2) is 4.79 Å². The third-order valence-electron chi connectivity index (χ3n) is 6.24. The number of rotatable bonds is 5. The Kier molecular flexibility index (Phi) is 6.70. The van der Waals surface area contributed by atoms with Crippen molar-refractivity contribution in [1.82, 2.24) is 20.0 Å². The number of carbonyl (C=O) groups is 2. The molecule has 3 amide bonds. The molecule has 1 aliphatic carbocycles. The van der Waals surface area contributed by atoms with E-state index in [2.05, 4.69) is 17.3 Å². The molecule has 0 aromatic carbocycles. The van der Waals surface area contributed by atoms with Crippen molar-refractivity contribution in [2.24, 2.45) is 11.8 Å². The lowest BCUT2D eigenvalue weighted by Gasteiger charge is -2.45. The predicted octanol–water partition coefficient (Wildman–Crippen LogP) is 1.07. The van der Waals surface area contributed by atoms with Crippen molar-refractivity contribution in [3.63, 3.8) is 0 Å². The number of amides is 3. The van der Waals surface area contributed by atoms with Crippen LogP contribution in [0.25, 0.3) is 0 Å². The van der Waals surface area contributed by atoms with E-state index >= 15 is 0 Å². The number of thiophene rings is 1. The van der Waals surface area contributed by atoms with Crippen LogP contribution in [0.15, 0.2) is 0 Å². The van der Waals surface area contributed by atoms with E-state index in [1.165, 1.54) is 15.3 Å². The monoisotopic (exact) mass is 422 g/mol. The Bertz CT molecular complexity index is 764. The summed E-state index contributed by atoms with van der Waals surface area (Å²) < 4.78 is 0. The zero-order valence-corrected chi connectivity index (χ0v) is 18.7. The maximum Gasteiger partial charge on any atom is 0.324 e. The SMILES string of the molecule is CCN(C(=O)NCCN(C)C)C(=O)[C@@H]1C[C@@H]2Cc3c(sc(N)c3N)C[C@H]2N(C)C1. The van der Waals surface area contributed by atoms with E-state index in [1.807, 2.05) is 25.9 Å². The van der Waals surface area contributed by atoms with Gasteiger partial charge in [-0.05, 0) is 58.8 Å². The number of hydrogen-bond donors (Lipinski definition) is 3. The molecule has 0 spiro atoms. The Morgan fingerprint density at radius 3 is 2.66 bits per heavy atom. The Balaban J connectivity index is 1.68. The molecule has 2 heterocycles. The smallest absolute Gasteiger partial charge is 0.324 e. The third kappa shape index (κ3) is 4.51. The topological polar surface area (TPSA) is 108 Å². The summed E-state index contributed by atoms with van der Waals surface area (Å²) in [6.45, 7) is 4.15. The van der Waals surface area contributed by atoms with Crippen molar-refractivity contribution in [3.8, 4) is 0 Å². The molecule has 1 aromatic rings. The Labute approximate surface area is 177 Å². The molecule has 8 nitrogen and oxygen atoms in total. The number of nitrogens with zero attached hydrogens (tertiary/aromatic N) is 3. The summed E-state index contributed by atoms with van der Waals surface area (Å²) in [5, 5.41) is 3.56. The minimum atomic E-state index is -0.301. The summed E-state index contributed by atoms with van der Waals surface area (Å²) >= 11 is 1.60. The molecule has 1 aromatic heterocycles. The highest BCUT2D eigenvalue weighted by Crippen LogP contribution is 2.44. The minimum absolute atomic E-state index is 0.0799. The van der Waals surface area contributed by atoms with E-state index in [1.54, 1.807) is 11.3 Å². The van der Waals surface area contributed by atoms with Gasteiger partial charge in [0.15, 0.2) is 0 Å². The second-order valence-corrected chi connectivity index (χ2v) is 9.64. The molecule has 5 N–H and O–H groups in total. The quantitative estimate of drug-likeness (QED) is 0.655. The lowest BCUT2D eigenvalue weighted by atomic mass is 9.74. The average Bonchev–Trinajstić information content (AvgIpc) is 2.94. The predicted molar refractivity (Wildman–Crippen MR) is 118 cm³/mol. The van der Waals surface area contributed by atoms with Crippen molar-refractivity contribution >= 4 is 34.0 Å². The summed E-state index contributed by atoms with van der Waals surface area (Å²) in [5.41, 5.74) is 14.1. The number of anilines is 2. The minimum Gasteiger partial charge on any atom is -0.396 e. The molecule has 1 saturated heterocycles. The Morgan fingerprint density at radius 1 is 1.28 bits per heavy atom. The van der Waals surface area contributed by atoms with Crippen molar-refractivity contribution in [1.29, 1.82) is 0 Å². The summed E-state index contributed by atoms with van der Waals surface area (Å²) in [7, 11) is 5.98. The number of likely N-dealkylation sites (N-methyl/N-ethyl adjacent to an activating group) is 2. The fraction of sp³-hybridized carbons (Fsp3) is 0.700. The maximum absolute atomic E-state index is 13.2. The highest BCUT2D eigenvalue weighted by atomic mass is 32.1. The zero-order chi connectivity index (χ0) is 21.3. The number of piperidine rings is 1. The number of imide groups is 1. The van der Waals surface area contributed by atoms with Gasteiger partial charge in [-0.2, -0.15) is 0 Å². The molecule has 3 rings (SSSR count). The summed E-state index contributed by atoms with van der Waals surface area (Å²) in [6.07, 6.45) is 2.57. The van der Waals surface area contributed by atoms with Crippen molar-refractivity contribution in [2.45, 2.75) is 32.2 Å². The van der Waals surface area contributed by atoms with Crippen LogP contribution in [0.3, 0.4) is 0 Å². The summed E-state index contributed by atoms with van der Waals surface area (Å²) in [5.74, 6) is 0.0883. The number of nitrogen functional groups attached to an aromatic ring is 2. The van der Waals surface area contributed by atoms with E-state index in [0.717, 1.165) is 31.5 Å². The largest absolute Gasteiger partial charge is 0.396 e. The number of fused-ring (bicyclic) bond motifs is 2. The van der Waals surface area contributed by atoms with Gasteiger partial charge in [0.2, 0.25) is 5.91 Å². The molecule has 9 heteroatoms. The highest BCUT2D eigenvalue weighted by molar-refractivity contribution is 7.16. The molecular formula is C20H34N6O2S. The van der Waals surface area contributed by atoms with Crippen LogP contribution >= 0.6 is 11.3 Å². The standard InChI is InChI=1S/C20H34N6O2S/c1-5-26(20(28)23-6-7-24(2)3)19(27)13-8-12-9-14-16(29-18(22)17(14)21)10-15(12)25(4)11-13/h12-13,15H,5-11,21-22H2,1-4H3,(H,23,28)/t12-,13-,15-/m1/s1. The molecule has 162 valence electrons. The van der Waals surface area contributed by atoms with E-state index in [0.29, 0.717) is 36.6 Å². The lowest BCUT2D eigenvalue weighted by Crippen LogP contribution is -2.55. The second-order valence-electron chi connectivity index (χ2n) is 8.51. The number of hydrogen-bond acceptors (Lipinski definition) is 7. The molecule has 29 heavy (non-hydrogen) atoms. The van der Waals surface area contributed by atoms with Crippen LogP contribution in [0.1, 0.15) is 23.8 Å². The van der Waals surface area contributed by atoms with Crippen molar-refractivity contribution in [3.05, 3.63) is 10.4 Å². The van der Waals surface area contributed by atoms with Crippen LogP contribution in [-0.2, 0) is 17.6 Å². The molecule has 3 atom stereocenters. The van der Waals surface area contributed by atoms with Crippen LogP contribution < -0.4 is 16.8 Å². The molecule has 0 unspecified atom stereocenters. The first-order valence-electron chi connectivity index (χ1n) is 10.3. The van der Waals surface area contributed by atoms with Gasteiger partial charge in [0.1, 0.15) is 5.00 Å². The van der Waals surface area contributed by atoms with Crippen LogP contribution in [0.4, 0.5) is 15.5 Å². The van der Waals surface area contributed by atoms with Crippen LogP contribution in [0, 0.1) is 11.8 Å². The number of nitrogens with one attached hydrogen (secondary N) is 1. The van der Waals surface area contributed by atoms with Gasteiger partial charge >= 0.3 is 6.03 Å². The molecule has 0 saturated carbocycles. The van der Waals surface area contributed by atoms with Crippen LogP contribution in [0.2, 0.25) is 0 Å². The maximum atomic E-state index is 13.2. The molecular weight excluding hydrogens is 388 g/mol. The van der Waals surface area contributed by atoms with Crippen LogP contribution in [-0.4, -0.2) is 80.0 Å². The van der Waals surface area contributed by atoms with Gasteiger partial charge in [-0.3, -0.25) is 9.69 Å². The van der Waals surface area contributed by atoms with E-state index in [-0.39, 0.29) is 17.9 Å². The first-order chi connectivity index (χ1) is 13.7. The fourth-order valence-electron chi connectivity index (χ4n) is 4.65. The lowest BCUT2D eigenvalue weighted by molar-refractivity contribution is -0.135. The molecule has 2 aliphatic rings. The molecule has 1 aliphatic heterocycles.